The minimum atomic E-state index is -0.0535. The van der Waals surface area contributed by atoms with E-state index >= 15 is 0 Å². The Morgan fingerprint density at radius 1 is 0.652 bits per heavy atom. The van der Waals surface area contributed by atoms with Crippen LogP contribution in [0, 0.1) is 12.1 Å². The zero-order valence-electron chi connectivity index (χ0n) is 25.5. The van der Waals surface area contributed by atoms with E-state index in [-0.39, 0.29) is 25.8 Å². The first kappa shape index (κ1) is 28.5. The van der Waals surface area contributed by atoms with Crippen LogP contribution in [0.1, 0.15) is 26.3 Å². The van der Waals surface area contributed by atoms with Gasteiger partial charge in [-0.3, -0.25) is 4.98 Å². The van der Waals surface area contributed by atoms with Crippen molar-refractivity contribution in [1.29, 1.82) is 0 Å². The van der Waals surface area contributed by atoms with Crippen LogP contribution in [0.3, 0.4) is 0 Å². The van der Waals surface area contributed by atoms with Crippen molar-refractivity contribution in [1.82, 2.24) is 18.9 Å². The maximum Gasteiger partial charge on any atom is 2.00 e. The van der Waals surface area contributed by atoms with Crippen molar-refractivity contribution in [2.24, 2.45) is 0 Å². The topological polar surface area (TPSA) is 44.3 Å². The summed E-state index contributed by atoms with van der Waals surface area (Å²) in [6, 6.07) is 44.6. The van der Waals surface area contributed by atoms with Gasteiger partial charge < -0.3 is 13.7 Å². The summed E-state index contributed by atoms with van der Waals surface area (Å²) < 4.78 is 10.9. The molecule has 46 heavy (non-hydrogen) atoms. The fourth-order valence-corrected chi connectivity index (χ4v) is 6.77. The third-order valence-corrected chi connectivity index (χ3v) is 8.72. The molecule has 224 valence electrons. The van der Waals surface area contributed by atoms with Crippen molar-refractivity contribution in [3.05, 3.63) is 133 Å². The third kappa shape index (κ3) is 4.25. The number of ether oxygens (including phenoxy) is 1. The molecule has 0 saturated heterocycles. The minimum Gasteiger partial charge on any atom is -0.503 e. The van der Waals surface area contributed by atoms with E-state index in [1.807, 2.05) is 42.6 Å². The molecular weight excluding hydrogens is 659 g/mol. The summed E-state index contributed by atoms with van der Waals surface area (Å²) in [5.74, 6) is 2.06. The average Bonchev–Trinajstić information content (AvgIpc) is 3.61. The molecular formula is C40H28N4OPd. The molecule has 0 aliphatic heterocycles. The number of aromatic nitrogens is 4. The Labute approximate surface area is 279 Å². The van der Waals surface area contributed by atoms with Gasteiger partial charge in [-0.1, -0.05) is 91.7 Å². The Bertz CT molecular complexity index is 2610. The minimum absolute atomic E-state index is 0. The third-order valence-electron chi connectivity index (χ3n) is 8.72. The van der Waals surface area contributed by atoms with E-state index in [1.54, 1.807) is 0 Å². The van der Waals surface area contributed by atoms with Crippen molar-refractivity contribution >= 4 is 60.2 Å². The Morgan fingerprint density at radius 2 is 1.37 bits per heavy atom. The van der Waals surface area contributed by atoms with Crippen LogP contribution in [0.5, 0.6) is 11.5 Å². The summed E-state index contributed by atoms with van der Waals surface area (Å²) in [5, 5.41) is 5.50. The van der Waals surface area contributed by atoms with E-state index in [4.69, 9.17) is 9.72 Å². The van der Waals surface area contributed by atoms with E-state index in [1.165, 1.54) is 10.9 Å². The van der Waals surface area contributed by atoms with Gasteiger partial charge in [0, 0.05) is 28.7 Å². The monoisotopic (exact) mass is 686 g/mol. The van der Waals surface area contributed by atoms with E-state index < -0.39 is 0 Å². The molecule has 0 radical (unpaired) electrons. The number of benzene rings is 5. The van der Waals surface area contributed by atoms with Gasteiger partial charge in [-0.05, 0) is 58.1 Å². The zero-order chi connectivity index (χ0) is 30.3. The largest absolute Gasteiger partial charge is 2.00 e. The standard InChI is InChI=1S/C40H28N4O.Pd/c1-40(2,3)31-12-10-16-35-38(31)29-21-19-25(23-30(29)39-42-32-13-5-7-15-34(32)44(35)39)45-26-18-20-28-27-11-4-6-14-33(27)43(36(28)24-26)37-17-8-9-22-41-37;/h4-22H,1-3H3;/q-2;+2. The fraction of sp³-hybridized carbons (Fsp3) is 0.100. The summed E-state index contributed by atoms with van der Waals surface area (Å²) in [7, 11) is 0. The maximum atomic E-state index is 6.53. The number of rotatable bonds is 3. The number of pyridine rings is 2. The molecule has 9 rings (SSSR count). The smallest absolute Gasteiger partial charge is 0.503 e. The Balaban J connectivity index is 0.00000312. The molecule has 9 aromatic rings. The number of hydrogen-bond acceptors (Lipinski definition) is 3. The van der Waals surface area contributed by atoms with Gasteiger partial charge in [0.1, 0.15) is 5.82 Å². The van der Waals surface area contributed by atoms with Crippen molar-refractivity contribution in [3.8, 4) is 17.3 Å². The molecule has 0 unspecified atom stereocenters. The molecule has 4 aromatic heterocycles. The molecule has 4 heterocycles. The van der Waals surface area contributed by atoms with Gasteiger partial charge in [-0.2, -0.15) is 6.07 Å². The van der Waals surface area contributed by atoms with E-state index in [0.29, 0.717) is 11.5 Å². The van der Waals surface area contributed by atoms with Gasteiger partial charge in [-0.15, -0.1) is 29.7 Å². The maximum absolute atomic E-state index is 6.53. The van der Waals surface area contributed by atoms with E-state index in [2.05, 4.69) is 120 Å². The van der Waals surface area contributed by atoms with Gasteiger partial charge in [0.15, 0.2) is 0 Å². The first-order valence-electron chi connectivity index (χ1n) is 15.2. The second-order valence-corrected chi connectivity index (χ2v) is 12.5. The summed E-state index contributed by atoms with van der Waals surface area (Å²) >= 11 is 0. The molecule has 5 nitrogen and oxygen atoms in total. The molecule has 0 amide bonds. The predicted octanol–water partition coefficient (Wildman–Crippen LogP) is 9.97. The first-order chi connectivity index (χ1) is 22.0. The molecule has 0 spiro atoms. The number of para-hydroxylation sites is 3. The zero-order valence-corrected chi connectivity index (χ0v) is 27.0. The Hall–Kier alpha value is -5.02. The van der Waals surface area contributed by atoms with E-state index in [9.17, 15) is 0 Å². The van der Waals surface area contributed by atoms with Crippen molar-refractivity contribution in [2.75, 3.05) is 0 Å². The molecule has 0 N–H and O–H groups in total. The summed E-state index contributed by atoms with van der Waals surface area (Å²) in [4.78, 5) is 9.75. The molecule has 0 atom stereocenters. The molecule has 5 aromatic carbocycles. The molecule has 0 aliphatic rings. The van der Waals surface area contributed by atoms with Gasteiger partial charge in [0.05, 0.1) is 16.7 Å². The van der Waals surface area contributed by atoms with Crippen LogP contribution in [0.15, 0.2) is 115 Å². The van der Waals surface area contributed by atoms with Gasteiger partial charge in [0.2, 0.25) is 0 Å². The van der Waals surface area contributed by atoms with Crippen LogP contribution < -0.4 is 4.74 Å². The number of imidazole rings is 1. The van der Waals surface area contributed by atoms with Gasteiger partial charge in [-0.25, -0.2) is 4.98 Å². The van der Waals surface area contributed by atoms with Crippen molar-refractivity contribution < 1.29 is 25.2 Å². The molecule has 0 aliphatic carbocycles. The fourth-order valence-electron chi connectivity index (χ4n) is 6.77. The van der Waals surface area contributed by atoms with Crippen LogP contribution in [0.2, 0.25) is 0 Å². The Morgan fingerprint density at radius 3 is 2.17 bits per heavy atom. The SMILES string of the molecule is CC(C)(C)c1cccc2c1c1ccc(Oc3[c-]c4c(cc3)c3ccccc3n4-c3ccccn3)[c-]c1c1nc3ccccc3n21.[Pd+2]. The second kappa shape index (κ2) is 10.5. The molecule has 0 bridgehead atoms. The second-order valence-electron chi connectivity index (χ2n) is 12.5. The Kier molecular flexibility index (Phi) is 6.51. The average molecular weight is 687 g/mol. The molecule has 0 fully saturated rings. The van der Waals surface area contributed by atoms with Crippen LogP contribution in [-0.2, 0) is 25.8 Å². The van der Waals surface area contributed by atoms with Gasteiger partial charge in [0.25, 0.3) is 0 Å². The summed E-state index contributed by atoms with van der Waals surface area (Å²) in [6.45, 7) is 6.80. The van der Waals surface area contributed by atoms with Crippen LogP contribution in [0.25, 0.3) is 66.0 Å². The molecule has 0 saturated carbocycles. The molecule has 6 heteroatoms. The van der Waals surface area contributed by atoms with Crippen molar-refractivity contribution in [3.63, 3.8) is 0 Å². The quantitative estimate of drug-likeness (QED) is 0.106. The first-order valence-corrected chi connectivity index (χ1v) is 15.2. The number of hydrogen-bond donors (Lipinski definition) is 0. The van der Waals surface area contributed by atoms with Crippen LogP contribution in [0.4, 0.5) is 0 Å². The predicted molar refractivity (Wildman–Crippen MR) is 183 cm³/mol. The van der Waals surface area contributed by atoms with E-state index in [0.717, 1.165) is 60.6 Å². The summed E-state index contributed by atoms with van der Waals surface area (Å²) in [5.41, 5.74) is 7.25. The number of nitrogens with zero attached hydrogens (tertiary/aromatic N) is 4. The summed E-state index contributed by atoms with van der Waals surface area (Å²) in [6.07, 6.45) is 1.81. The normalized spacial score (nSPS) is 12.1. The van der Waals surface area contributed by atoms with Gasteiger partial charge >= 0.3 is 20.4 Å². The van der Waals surface area contributed by atoms with Crippen LogP contribution in [-0.4, -0.2) is 18.9 Å². The van der Waals surface area contributed by atoms with Crippen LogP contribution >= 0.6 is 0 Å². The number of fused-ring (bicyclic) bond motifs is 11. The van der Waals surface area contributed by atoms with Crippen molar-refractivity contribution in [2.45, 2.75) is 26.2 Å².